The molecule has 3 atom stereocenters. The molecule has 0 spiro atoms. The number of benzene rings is 1. The smallest absolute Gasteiger partial charge is 0.312 e. The van der Waals surface area contributed by atoms with Crippen molar-refractivity contribution in [1.82, 2.24) is 14.7 Å². The van der Waals surface area contributed by atoms with E-state index in [-0.39, 0.29) is 18.0 Å². The van der Waals surface area contributed by atoms with E-state index in [2.05, 4.69) is 5.10 Å². The largest absolute Gasteiger partial charge is 0.481 e. The highest BCUT2D eigenvalue weighted by atomic mass is 16.4. The average molecular weight is 353 g/mol. The van der Waals surface area contributed by atoms with Crippen molar-refractivity contribution in [3.63, 3.8) is 0 Å². The van der Waals surface area contributed by atoms with Crippen molar-refractivity contribution >= 4 is 11.9 Å². The average Bonchev–Trinajstić information content (AvgIpc) is 3.28. The van der Waals surface area contributed by atoms with Gasteiger partial charge in [0.15, 0.2) is 0 Å². The van der Waals surface area contributed by atoms with Gasteiger partial charge in [0.25, 0.3) is 5.91 Å². The Balaban J connectivity index is 1.69. The standard InChI is InChI=1S/C20H23N3O3/c1-13-16(12-21-22(13)2)18(24)23-15-8-9-17(23)20(11-15,19(25)26)10-14-6-4-3-5-7-14/h3-7,12,15,17H,8-11H2,1-2H3,(H,25,26)/t15-,17+,20+/m0/s1. The Hall–Kier alpha value is -2.63. The third-order valence-corrected chi connectivity index (χ3v) is 6.23. The van der Waals surface area contributed by atoms with E-state index >= 15 is 0 Å². The maximum absolute atomic E-state index is 13.2. The Labute approximate surface area is 152 Å². The van der Waals surface area contributed by atoms with E-state index in [0.717, 1.165) is 24.1 Å². The van der Waals surface area contributed by atoms with Gasteiger partial charge in [-0.2, -0.15) is 5.10 Å². The molecule has 0 radical (unpaired) electrons. The van der Waals surface area contributed by atoms with Gasteiger partial charge in [0, 0.05) is 24.8 Å². The van der Waals surface area contributed by atoms with E-state index in [1.165, 1.54) is 0 Å². The molecule has 0 aliphatic carbocycles. The number of aromatic nitrogens is 2. The molecule has 6 heteroatoms. The molecule has 6 nitrogen and oxygen atoms in total. The third kappa shape index (κ3) is 2.35. The van der Waals surface area contributed by atoms with Crippen molar-refractivity contribution in [3.05, 3.63) is 53.3 Å². The van der Waals surface area contributed by atoms with Crippen LogP contribution in [-0.4, -0.2) is 43.7 Å². The number of hydrogen-bond donors (Lipinski definition) is 1. The van der Waals surface area contributed by atoms with Gasteiger partial charge in [0.2, 0.25) is 0 Å². The van der Waals surface area contributed by atoms with Gasteiger partial charge >= 0.3 is 5.97 Å². The van der Waals surface area contributed by atoms with Gasteiger partial charge < -0.3 is 10.0 Å². The number of hydrogen-bond acceptors (Lipinski definition) is 3. The fourth-order valence-corrected chi connectivity index (χ4v) is 4.79. The van der Waals surface area contributed by atoms with Gasteiger partial charge in [-0.1, -0.05) is 30.3 Å². The van der Waals surface area contributed by atoms with Crippen molar-refractivity contribution in [1.29, 1.82) is 0 Å². The van der Waals surface area contributed by atoms with Gasteiger partial charge in [-0.15, -0.1) is 0 Å². The highest BCUT2D eigenvalue weighted by molar-refractivity contribution is 5.96. The number of amides is 1. The van der Waals surface area contributed by atoms with Crippen molar-refractivity contribution < 1.29 is 14.7 Å². The molecule has 0 saturated carbocycles. The number of carboxylic acids is 1. The number of aryl methyl sites for hydroxylation is 1. The summed E-state index contributed by atoms with van der Waals surface area (Å²) in [5, 5.41) is 14.3. The minimum atomic E-state index is -0.907. The second-order valence-electron chi connectivity index (χ2n) is 7.55. The van der Waals surface area contributed by atoms with Crippen LogP contribution in [0.4, 0.5) is 0 Å². The minimum absolute atomic E-state index is 0.00748. The SMILES string of the molecule is Cc1c(C(=O)N2[C@H]3CC[C@@H]2[C@](Cc2ccccc2)(C(=O)O)C3)cnn1C. The summed E-state index contributed by atoms with van der Waals surface area (Å²) < 4.78 is 1.68. The first kappa shape index (κ1) is 16.8. The molecule has 2 saturated heterocycles. The summed E-state index contributed by atoms with van der Waals surface area (Å²) in [5.41, 5.74) is 1.48. The molecule has 0 unspecified atom stereocenters. The van der Waals surface area contributed by atoms with Crippen LogP contribution in [0, 0.1) is 12.3 Å². The molecule has 1 amide bonds. The predicted molar refractivity (Wildman–Crippen MR) is 95.8 cm³/mol. The molecule has 136 valence electrons. The molecular formula is C20H23N3O3. The van der Waals surface area contributed by atoms with E-state index in [4.69, 9.17) is 0 Å². The van der Waals surface area contributed by atoms with Crippen LogP contribution >= 0.6 is 0 Å². The summed E-state index contributed by atoms with van der Waals surface area (Å²) in [6.07, 6.45) is 4.19. The summed E-state index contributed by atoms with van der Waals surface area (Å²) in [4.78, 5) is 27.4. The van der Waals surface area contributed by atoms with E-state index < -0.39 is 11.4 Å². The summed E-state index contributed by atoms with van der Waals surface area (Å²) >= 11 is 0. The third-order valence-electron chi connectivity index (χ3n) is 6.23. The number of carbonyl (C=O) groups is 2. The number of nitrogens with zero attached hydrogens (tertiary/aromatic N) is 3. The molecule has 2 aromatic rings. The van der Waals surface area contributed by atoms with E-state index in [0.29, 0.717) is 18.4 Å². The molecule has 2 aliphatic rings. The Morgan fingerprint density at radius 3 is 2.62 bits per heavy atom. The molecule has 2 fully saturated rings. The first-order chi connectivity index (χ1) is 12.4. The first-order valence-electron chi connectivity index (χ1n) is 9.02. The van der Waals surface area contributed by atoms with E-state index in [9.17, 15) is 14.7 Å². The van der Waals surface area contributed by atoms with Crippen LogP contribution in [0.15, 0.2) is 36.5 Å². The van der Waals surface area contributed by atoms with Crippen LogP contribution < -0.4 is 0 Å². The van der Waals surface area contributed by atoms with Crippen molar-refractivity contribution in [3.8, 4) is 0 Å². The summed E-state index contributed by atoms with van der Waals surface area (Å²) in [6.45, 7) is 1.87. The molecule has 3 heterocycles. The van der Waals surface area contributed by atoms with Gasteiger partial charge in [0.1, 0.15) is 0 Å². The number of carboxylic acid groups (broad SMARTS) is 1. The highest BCUT2D eigenvalue weighted by Crippen LogP contribution is 2.52. The summed E-state index contributed by atoms with van der Waals surface area (Å²) in [6, 6.07) is 9.45. The zero-order chi connectivity index (χ0) is 18.5. The van der Waals surface area contributed by atoms with Crippen molar-refractivity contribution in [2.75, 3.05) is 0 Å². The Bertz CT molecular complexity index is 860. The molecular weight excluding hydrogens is 330 g/mol. The molecule has 1 aromatic heterocycles. The van der Waals surface area contributed by atoms with Gasteiger partial charge in [-0.3, -0.25) is 14.3 Å². The fourth-order valence-electron chi connectivity index (χ4n) is 4.79. The molecule has 1 aromatic carbocycles. The van der Waals surface area contributed by atoms with Crippen LogP contribution in [-0.2, 0) is 18.3 Å². The van der Waals surface area contributed by atoms with Crippen LogP contribution in [0.1, 0.15) is 40.9 Å². The normalized spacial score (nSPS) is 27.1. The van der Waals surface area contributed by atoms with Crippen molar-refractivity contribution in [2.24, 2.45) is 12.5 Å². The Morgan fingerprint density at radius 1 is 1.27 bits per heavy atom. The quantitative estimate of drug-likeness (QED) is 0.916. The topological polar surface area (TPSA) is 75.4 Å². The van der Waals surface area contributed by atoms with Crippen molar-refractivity contribution in [2.45, 2.75) is 44.7 Å². The molecule has 26 heavy (non-hydrogen) atoms. The first-order valence-corrected chi connectivity index (χ1v) is 9.02. The van der Waals surface area contributed by atoms with Crippen LogP contribution in [0.25, 0.3) is 0 Å². The Kier molecular flexibility index (Phi) is 3.86. The lowest BCUT2D eigenvalue weighted by Gasteiger charge is -2.33. The van der Waals surface area contributed by atoms with Crippen LogP contribution in [0.3, 0.4) is 0 Å². The maximum Gasteiger partial charge on any atom is 0.312 e. The zero-order valence-corrected chi connectivity index (χ0v) is 15.1. The zero-order valence-electron chi connectivity index (χ0n) is 15.1. The Morgan fingerprint density at radius 2 is 2.00 bits per heavy atom. The lowest BCUT2D eigenvalue weighted by molar-refractivity contribution is -0.150. The molecule has 4 rings (SSSR count). The van der Waals surface area contributed by atoms with Crippen LogP contribution in [0.5, 0.6) is 0 Å². The molecule has 2 aliphatic heterocycles. The minimum Gasteiger partial charge on any atom is -0.481 e. The van der Waals surface area contributed by atoms with Crippen LogP contribution in [0.2, 0.25) is 0 Å². The number of carbonyl (C=O) groups excluding carboxylic acids is 1. The molecule has 2 bridgehead atoms. The second kappa shape index (κ2) is 5.97. The number of fused-ring (bicyclic) bond motifs is 2. The summed E-state index contributed by atoms with van der Waals surface area (Å²) in [5.74, 6) is -0.881. The van der Waals surface area contributed by atoms with Gasteiger partial charge in [-0.05, 0) is 38.2 Å². The summed E-state index contributed by atoms with van der Waals surface area (Å²) in [7, 11) is 1.81. The number of aliphatic carboxylic acids is 1. The second-order valence-corrected chi connectivity index (χ2v) is 7.55. The lowest BCUT2D eigenvalue weighted by Crippen LogP contribution is -2.46. The van der Waals surface area contributed by atoms with Gasteiger partial charge in [-0.25, -0.2) is 0 Å². The monoisotopic (exact) mass is 353 g/mol. The van der Waals surface area contributed by atoms with E-state index in [1.807, 2.05) is 49.2 Å². The number of rotatable bonds is 4. The fraction of sp³-hybridized carbons (Fsp3) is 0.450. The predicted octanol–water partition coefficient (Wildman–Crippen LogP) is 2.42. The van der Waals surface area contributed by atoms with E-state index in [1.54, 1.807) is 10.9 Å². The van der Waals surface area contributed by atoms with Gasteiger partial charge in [0.05, 0.1) is 17.2 Å². The highest BCUT2D eigenvalue weighted by Gasteiger charge is 2.61. The molecule has 1 N–H and O–H groups in total. The maximum atomic E-state index is 13.2. The lowest BCUT2D eigenvalue weighted by atomic mass is 9.70.